The molecule has 3 heteroatoms. The van der Waals surface area contributed by atoms with Gasteiger partial charge in [0.15, 0.2) is 0 Å². The summed E-state index contributed by atoms with van der Waals surface area (Å²) in [5, 5.41) is 3.72. The zero-order valence-corrected chi connectivity index (χ0v) is 8.95. The van der Waals surface area contributed by atoms with E-state index in [-0.39, 0.29) is 0 Å². The number of nitrogens with zero attached hydrogens (tertiary/aromatic N) is 2. The van der Waals surface area contributed by atoms with Crippen molar-refractivity contribution < 1.29 is 0 Å². The van der Waals surface area contributed by atoms with Crippen molar-refractivity contribution in [2.24, 2.45) is 22.4 Å². The Hall–Kier alpha value is -0.950. The number of rotatable bonds is 3. The highest BCUT2D eigenvalue weighted by Crippen LogP contribution is 2.59. The third kappa shape index (κ3) is 1.32. The lowest BCUT2D eigenvalue weighted by Crippen LogP contribution is -2.48. The Kier molecular flexibility index (Phi) is 2.28. The van der Waals surface area contributed by atoms with Gasteiger partial charge in [-0.1, -0.05) is 25.5 Å². The van der Waals surface area contributed by atoms with Gasteiger partial charge in [0, 0.05) is 0 Å². The molecule has 0 aromatic heterocycles. The quantitative estimate of drug-likeness (QED) is 0.406. The molecule has 14 heavy (non-hydrogen) atoms. The van der Waals surface area contributed by atoms with Gasteiger partial charge in [-0.05, 0) is 36.5 Å². The highest BCUT2D eigenvalue weighted by atomic mass is 15.1. The molecule has 1 saturated carbocycles. The van der Waals surface area contributed by atoms with Gasteiger partial charge in [-0.2, -0.15) is 0 Å². The van der Waals surface area contributed by atoms with Gasteiger partial charge < -0.3 is 0 Å². The number of hydrogen-bond acceptors (Lipinski definition) is 2. The van der Waals surface area contributed by atoms with E-state index >= 15 is 0 Å². The van der Waals surface area contributed by atoms with Gasteiger partial charge >= 0.3 is 0 Å². The Bertz CT molecular complexity index is 310. The summed E-state index contributed by atoms with van der Waals surface area (Å²) >= 11 is 0. The van der Waals surface area contributed by atoms with Crippen molar-refractivity contribution in [2.45, 2.75) is 33.1 Å². The molecule has 0 aromatic carbocycles. The van der Waals surface area contributed by atoms with E-state index in [0.717, 1.165) is 18.3 Å². The van der Waals surface area contributed by atoms with Gasteiger partial charge in [0.25, 0.3) is 0 Å². The molecule has 3 aliphatic rings. The van der Waals surface area contributed by atoms with E-state index in [1.165, 1.54) is 12.8 Å². The Morgan fingerprint density at radius 3 is 3.00 bits per heavy atom. The van der Waals surface area contributed by atoms with E-state index in [9.17, 15) is 0 Å². The van der Waals surface area contributed by atoms with Gasteiger partial charge in [0.1, 0.15) is 17.2 Å². The Balaban J connectivity index is 2.00. The topological polar surface area (TPSA) is 50.3 Å². The first-order valence-corrected chi connectivity index (χ1v) is 5.38. The molecule has 2 atom stereocenters. The van der Waals surface area contributed by atoms with Gasteiger partial charge in [-0.15, -0.1) is 0 Å². The minimum Gasteiger partial charge on any atom is -0.0847 e. The summed E-state index contributed by atoms with van der Waals surface area (Å²) in [6, 6.07) is 0. The average Bonchev–Trinajstić information content (AvgIpc) is 2.18. The second-order valence-electron chi connectivity index (χ2n) is 5.04. The monoisotopic (exact) mass is 192 g/mol. The fourth-order valence-electron chi connectivity index (χ4n) is 2.99. The normalized spacial score (nSPS) is 32.6. The Morgan fingerprint density at radius 2 is 2.43 bits per heavy atom. The minimum absolute atomic E-state index is 0.516. The number of allylic oxidation sites excluding steroid dienone is 1. The summed E-state index contributed by atoms with van der Waals surface area (Å²) in [6.07, 6.45) is 6.01. The molecule has 3 aliphatic carbocycles. The maximum absolute atomic E-state index is 6.60. The summed E-state index contributed by atoms with van der Waals surface area (Å²) < 4.78 is 0. The Morgan fingerprint density at radius 1 is 1.64 bits per heavy atom. The molecule has 1 N–H and O–H groups in total. The average molecular weight is 192 g/mol. The first-order valence-electron chi connectivity index (χ1n) is 5.38. The van der Waals surface area contributed by atoms with Gasteiger partial charge in [-0.3, -0.25) is 0 Å². The summed E-state index contributed by atoms with van der Waals surface area (Å²) in [4.78, 5) is 3.04. The lowest BCUT2D eigenvalue weighted by atomic mass is 9.48. The van der Waals surface area contributed by atoms with Crippen molar-refractivity contribution >= 4 is 0 Å². The summed E-state index contributed by atoms with van der Waals surface area (Å²) in [7, 11) is 0. The Labute approximate surface area is 84.8 Å². The van der Waals surface area contributed by atoms with E-state index in [1.54, 1.807) is 5.57 Å². The van der Waals surface area contributed by atoms with E-state index in [1.807, 2.05) is 0 Å². The predicted octanol–water partition coefficient (Wildman–Crippen LogP) is 2.92. The lowest BCUT2D eigenvalue weighted by Gasteiger charge is -2.56. The molecular weight excluding hydrogens is 174 g/mol. The molecule has 0 aliphatic heterocycles. The minimum atomic E-state index is 0.516. The smallest absolute Gasteiger partial charge is 0.0847 e. The van der Waals surface area contributed by atoms with Gasteiger partial charge in [-0.25, -0.2) is 0 Å². The second kappa shape index (κ2) is 3.32. The maximum Gasteiger partial charge on any atom is 0.214 e. The van der Waals surface area contributed by atoms with Crippen LogP contribution in [0.2, 0.25) is 0 Å². The van der Waals surface area contributed by atoms with Crippen molar-refractivity contribution in [2.75, 3.05) is 6.54 Å². The largest absolute Gasteiger partial charge is 0.214 e. The van der Waals surface area contributed by atoms with Crippen molar-refractivity contribution in [3.63, 3.8) is 0 Å². The summed E-state index contributed by atoms with van der Waals surface area (Å²) in [5.41, 5.74) is 8.67. The molecule has 0 heterocycles. The molecule has 0 amide bonds. The molecule has 3 rings (SSSR count). The van der Waals surface area contributed by atoms with Crippen LogP contribution in [-0.4, -0.2) is 6.54 Å². The molecule has 1 fully saturated rings. The fourth-order valence-corrected chi connectivity index (χ4v) is 2.99. The molecule has 2 unspecified atom stereocenters. The standard InChI is InChI=1S/C11H18N3/c1-11(2)9-4-3-8(10(11)7-9)5-6-13-14-12/h3,9-10,12H,4-7H2,1-2H3/q+1. The maximum atomic E-state index is 6.60. The van der Waals surface area contributed by atoms with E-state index < -0.39 is 0 Å². The van der Waals surface area contributed by atoms with Crippen LogP contribution in [0, 0.1) is 22.8 Å². The number of fused-ring (bicyclic) bond motifs is 1. The first kappa shape index (κ1) is 9.60. The van der Waals surface area contributed by atoms with Crippen LogP contribution in [0.3, 0.4) is 0 Å². The molecule has 0 aromatic rings. The molecule has 76 valence electrons. The molecule has 0 radical (unpaired) electrons. The third-order valence-electron chi connectivity index (χ3n) is 4.15. The SMILES string of the molecule is CC1(C)C2CC=C(CCN=[N+]=N)C1C2. The highest BCUT2D eigenvalue weighted by molar-refractivity contribution is 5.23. The number of hydrogen-bond donors (Lipinski definition) is 1. The fraction of sp³-hybridized carbons (Fsp3) is 0.818. The van der Waals surface area contributed by atoms with Crippen molar-refractivity contribution in [1.29, 1.82) is 5.53 Å². The van der Waals surface area contributed by atoms with Crippen LogP contribution in [0.25, 0.3) is 0 Å². The highest BCUT2D eigenvalue weighted by Gasteiger charge is 2.50. The van der Waals surface area contributed by atoms with Crippen LogP contribution < -0.4 is 4.91 Å². The van der Waals surface area contributed by atoms with E-state index in [0.29, 0.717) is 12.0 Å². The third-order valence-corrected chi connectivity index (χ3v) is 4.15. The molecule has 0 saturated heterocycles. The zero-order valence-electron chi connectivity index (χ0n) is 8.95. The van der Waals surface area contributed by atoms with E-state index in [2.05, 4.69) is 29.9 Å². The number of nitrogens with one attached hydrogen (secondary N) is 1. The van der Waals surface area contributed by atoms with Gasteiger partial charge in [0.2, 0.25) is 4.91 Å². The van der Waals surface area contributed by atoms with Crippen LogP contribution in [-0.2, 0) is 0 Å². The van der Waals surface area contributed by atoms with Crippen LogP contribution in [0.15, 0.2) is 16.8 Å². The summed E-state index contributed by atoms with van der Waals surface area (Å²) in [6.45, 7) is 5.45. The van der Waals surface area contributed by atoms with Crippen LogP contribution in [0.5, 0.6) is 0 Å². The first-order chi connectivity index (χ1) is 6.66. The van der Waals surface area contributed by atoms with E-state index in [4.69, 9.17) is 5.53 Å². The van der Waals surface area contributed by atoms with Crippen LogP contribution in [0.1, 0.15) is 33.1 Å². The lowest BCUT2D eigenvalue weighted by molar-refractivity contribution is -0.00800. The van der Waals surface area contributed by atoms with Crippen LogP contribution in [0.4, 0.5) is 0 Å². The molecule has 2 bridgehead atoms. The zero-order chi connectivity index (χ0) is 10.2. The van der Waals surface area contributed by atoms with Gasteiger partial charge in [0.05, 0.1) is 0 Å². The van der Waals surface area contributed by atoms with Crippen molar-refractivity contribution in [3.8, 4) is 0 Å². The molecule has 0 spiro atoms. The van der Waals surface area contributed by atoms with Crippen LogP contribution >= 0.6 is 0 Å². The van der Waals surface area contributed by atoms with Crippen molar-refractivity contribution in [1.82, 2.24) is 4.91 Å². The second-order valence-corrected chi connectivity index (χ2v) is 5.04. The van der Waals surface area contributed by atoms with Crippen molar-refractivity contribution in [3.05, 3.63) is 11.6 Å². The summed E-state index contributed by atoms with van der Waals surface area (Å²) in [5.74, 6) is 1.69. The predicted molar refractivity (Wildman–Crippen MR) is 54.8 cm³/mol. The molecule has 3 nitrogen and oxygen atoms in total. The molecular formula is C11H18N3+.